The number of carbonyl (C=O) groups is 1. The van der Waals surface area contributed by atoms with Gasteiger partial charge in [0, 0.05) is 12.0 Å². The molecule has 0 fully saturated rings. The zero-order valence-corrected chi connectivity index (χ0v) is 11.5. The van der Waals surface area contributed by atoms with Crippen molar-refractivity contribution in [3.8, 4) is 5.75 Å². The number of hydrogen-bond donors (Lipinski definition) is 2. The molecule has 0 spiro atoms. The molecule has 3 N–H and O–H groups in total. The second-order valence-electron chi connectivity index (χ2n) is 5.23. The molecule has 0 aliphatic rings. The van der Waals surface area contributed by atoms with Gasteiger partial charge in [0.2, 0.25) is 5.91 Å². The summed E-state index contributed by atoms with van der Waals surface area (Å²) < 4.78 is 5.16. The molecule has 1 amide bonds. The first-order valence-corrected chi connectivity index (χ1v) is 6.04. The molecule has 0 saturated heterocycles. The molecule has 1 rings (SSSR count). The number of amides is 1. The first kappa shape index (κ1) is 14.5. The summed E-state index contributed by atoms with van der Waals surface area (Å²) in [6.07, 6.45) is 0.307. The SMILES string of the molecule is COc1cccc([C@@H](C)NC(=O)CC(C)(C)N)c1. The van der Waals surface area contributed by atoms with Crippen LogP contribution in [0.15, 0.2) is 24.3 Å². The summed E-state index contributed by atoms with van der Waals surface area (Å²) in [5.74, 6) is 0.741. The molecule has 0 radical (unpaired) electrons. The van der Waals surface area contributed by atoms with E-state index in [9.17, 15) is 4.79 Å². The molecule has 0 unspecified atom stereocenters. The molecule has 0 heterocycles. The Labute approximate surface area is 109 Å². The van der Waals surface area contributed by atoms with E-state index < -0.39 is 5.54 Å². The first-order valence-electron chi connectivity index (χ1n) is 6.04. The molecular formula is C14H22N2O2. The van der Waals surface area contributed by atoms with Gasteiger partial charge in [0.25, 0.3) is 0 Å². The fourth-order valence-corrected chi connectivity index (χ4v) is 1.70. The highest BCUT2D eigenvalue weighted by molar-refractivity contribution is 5.77. The van der Waals surface area contributed by atoms with E-state index in [4.69, 9.17) is 10.5 Å². The van der Waals surface area contributed by atoms with Gasteiger partial charge in [-0.2, -0.15) is 0 Å². The predicted molar refractivity (Wildman–Crippen MR) is 72.4 cm³/mol. The second kappa shape index (κ2) is 5.87. The van der Waals surface area contributed by atoms with Crippen LogP contribution < -0.4 is 15.8 Å². The zero-order chi connectivity index (χ0) is 13.8. The fourth-order valence-electron chi connectivity index (χ4n) is 1.70. The van der Waals surface area contributed by atoms with Gasteiger partial charge in [-0.3, -0.25) is 4.79 Å². The van der Waals surface area contributed by atoms with E-state index in [0.717, 1.165) is 11.3 Å². The Morgan fingerprint density at radius 2 is 2.17 bits per heavy atom. The van der Waals surface area contributed by atoms with Gasteiger partial charge in [-0.1, -0.05) is 12.1 Å². The van der Waals surface area contributed by atoms with Crippen molar-refractivity contribution in [2.45, 2.75) is 38.8 Å². The Balaban J connectivity index is 2.64. The van der Waals surface area contributed by atoms with E-state index in [1.807, 2.05) is 45.0 Å². The largest absolute Gasteiger partial charge is 0.497 e. The number of rotatable bonds is 5. The lowest BCUT2D eigenvalue weighted by Crippen LogP contribution is -2.39. The minimum Gasteiger partial charge on any atom is -0.497 e. The minimum absolute atomic E-state index is 0.0437. The van der Waals surface area contributed by atoms with Crippen LogP contribution in [0.2, 0.25) is 0 Å². The molecule has 0 aliphatic heterocycles. The fraction of sp³-hybridized carbons (Fsp3) is 0.500. The lowest BCUT2D eigenvalue weighted by atomic mass is 10.0. The number of nitrogens with two attached hydrogens (primary N) is 1. The van der Waals surface area contributed by atoms with Gasteiger partial charge in [0.15, 0.2) is 0 Å². The monoisotopic (exact) mass is 250 g/mol. The van der Waals surface area contributed by atoms with E-state index in [1.54, 1.807) is 7.11 Å². The Kier molecular flexibility index (Phi) is 4.73. The van der Waals surface area contributed by atoms with Crippen molar-refractivity contribution >= 4 is 5.91 Å². The lowest BCUT2D eigenvalue weighted by Gasteiger charge is -2.20. The van der Waals surface area contributed by atoms with Crippen LogP contribution in [-0.2, 0) is 4.79 Å². The Morgan fingerprint density at radius 1 is 1.50 bits per heavy atom. The molecule has 0 aliphatic carbocycles. The summed E-state index contributed by atoms with van der Waals surface area (Å²) >= 11 is 0. The van der Waals surface area contributed by atoms with Crippen LogP contribution in [0.5, 0.6) is 5.75 Å². The van der Waals surface area contributed by atoms with Gasteiger partial charge >= 0.3 is 0 Å². The third-order valence-corrected chi connectivity index (χ3v) is 2.59. The quantitative estimate of drug-likeness (QED) is 0.840. The highest BCUT2D eigenvalue weighted by atomic mass is 16.5. The average Bonchev–Trinajstić information content (AvgIpc) is 2.26. The maximum absolute atomic E-state index is 11.8. The van der Waals surface area contributed by atoms with E-state index in [-0.39, 0.29) is 11.9 Å². The maximum atomic E-state index is 11.8. The summed E-state index contributed by atoms with van der Waals surface area (Å²) in [6.45, 7) is 5.61. The van der Waals surface area contributed by atoms with Crippen LogP contribution in [-0.4, -0.2) is 18.6 Å². The number of carbonyl (C=O) groups excluding carboxylic acids is 1. The number of benzene rings is 1. The van der Waals surface area contributed by atoms with Crippen molar-refractivity contribution in [2.75, 3.05) is 7.11 Å². The Hall–Kier alpha value is -1.55. The van der Waals surface area contributed by atoms with Gasteiger partial charge in [-0.15, -0.1) is 0 Å². The van der Waals surface area contributed by atoms with Crippen LogP contribution >= 0.6 is 0 Å². The van der Waals surface area contributed by atoms with Crippen molar-refractivity contribution in [3.63, 3.8) is 0 Å². The smallest absolute Gasteiger partial charge is 0.222 e. The van der Waals surface area contributed by atoms with E-state index in [0.29, 0.717) is 6.42 Å². The minimum atomic E-state index is -0.488. The summed E-state index contributed by atoms with van der Waals surface area (Å²) in [4.78, 5) is 11.8. The molecule has 0 bridgehead atoms. The maximum Gasteiger partial charge on any atom is 0.222 e. The molecule has 100 valence electrons. The third-order valence-electron chi connectivity index (χ3n) is 2.59. The standard InChI is InChI=1S/C14H22N2O2/c1-10(16-13(17)9-14(2,3)15)11-6-5-7-12(8-11)18-4/h5-8,10H,9,15H2,1-4H3,(H,16,17)/t10-/m1/s1. The number of ether oxygens (including phenoxy) is 1. The van der Waals surface area contributed by atoms with Crippen LogP contribution in [0.4, 0.5) is 0 Å². The molecule has 1 aromatic rings. The third kappa shape index (κ3) is 4.75. The van der Waals surface area contributed by atoms with Crippen LogP contribution in [0.3, 0.4) is 0 Å². The van der Waals surface area contributed by atoms with Crippen molar-refractivity contribution in [1.82, 2.24) is 5.32 Å². The van der Waals surface area contributed by atoms with Crippen molar-refractivity contribution in [2.24, 2.45) is 5.73 Å². The zero-order valence-electron chi connectivity index (χ0n) is 11.5. The number of hydrogen-bond acceptors (Lipinski definition) is 3. The van der Waals surface area contributed by atoms with Gasteiger partial charge in [-0.05, 0) is 38.5 Å². The Morgan fingerprint density at radius 3 is 2.72 bits per heavy atom. The Bertz CT molecular complexity index is 411. The van der Waals surface area contributed by atoms with Crippen molar-refractivity contribution in [3.05, 3.63) is 29.8 Å². The second-order valence-corrected chi connectivity index (χ2v) is 5.23. The van der Waals surface area contributed by atoms with Crippen LogP contribution in [0.1, 0.15) is 38.8 Å². The summed E-state index contributed by atoms with van der Waals surface area (Å²) in [7, 11) is 1.62. The number of methoxy groups -OCH3 is 1. The normalized spacial score (nSPS) is 12.9. The molecule has 0 saturated carbocycles. The highest BCUT2D eigenvalue weighted by Crippen LogP contribution is 2.19. The predicted octanol–water partition coefficient (Wildman–Crippen LogP) is 2.00. The molecule has 0 aromatic heterocycles. The summed E-state index contributed by atoms with van der Waals surface area (Å²) in [5, 5.41) is 2.93. The lowest BCUT2D eigenvalue weighted by molar-refractivity contribution is -0.122. The van der Waals surface area contributed by atoms with Crippen LogP contribution in [0, 0.1) is 0 Å². The van der Waals surface area contributed by atoms with Gasteiger partial charge in [-0.25, -0.2) is 0 Å². The molecular weight excluding hydrogens is 228 g/mol. The topological polar surface area (TPSA) is 64.3 Å². The van der Waals surface area contributed by atoms with Gasteiger partial charge in [0.1, 0.15) is 5.75 Å². The van der Waals surface area contributed by atoms with Crippen LogP contribution in [0.25, 0.3) is 0 Å². The highest BCUT2D eigenvalue weighted by Gasteiger charge is 2.18. The van der Waals surface area contributed by atoms with Gasteiger partial charge in [0.05, 0.1) is 13.2 Å². The first-order chi connectivity index (χ1) is 8.31. The van der Waals surface area contributed by atoms with E-state index in [2.05, 4.69) is 5.32 Å². The van der Waals surface area contributed by atoms with E-state index in [1.165, 1.54) is 0 Å². The summed E-state index contributed by atoms with van der Waals surface area (Å²) in [5.41, 5.74) is 6.34. The molecule has 4 nitrogen and oxygen atoms in total. The molecule has 18 heavy (non-hydrogen) atoms. The van der Waals surface area contributed by atoms with E-state index >= 15 is 0 Å². The van der Waals surface area contributed by atoms with Gasteiger partial charge < -0.3 is 15.8 Å². The molecule has 1 aromatic carbocycles. The van der Waals surface area contributed by atoms with Crippen molar-refractivity contribution in [1.29, 1.82) is 0 Å². The molecule has 4 heteroatoms. The number of nitrogens with one attached hydrogen (secondary N) is 1. The van der Waals surface area contributed by atoms with Crippen molar-refractivity contribution < 1.29 is 9.53 Å². The molecule has 1 atom stereocenters. The summed E-state index contributed by atoms with van der Waals surface area (Å²) in [6, 6.07) is 7.60. The average molecular weight is 250 g/mol.